The third kappa shape index (κ3) is 1.30. The zero-order chi connectivity index (χ0) is 10.3. The zero-order valence-corrected chi connectivity index (χ0v) is 8.29. The Hall–Kier alpha value is -1.83. The molecule has 2 nitrogen and oxygen atoms in total. The fourth-order valence-electron chi connectivity index (χ4n) is 2.18. The first-order chi connectivity index (χ1) is 7.34. The first kappa shape index (κ1) is 8.48. The van der Waals surface area contributed by atoms with Crippen LogP contribution < -0.4 is 5.32 Å². The van der Waals surface area contributed by atoms with Gasteiger partial charge in [-0.15, -0.1) is 0 Å². The van der Waals surface area contributed by atoms with Crippen molar-refractivity contribution >= 4 is 16.7 Å². The van der Waals surface area contributed by atoms with Gasteiger partial charge in [-0.2, -0.15) is 0 Å². The van der Waals surface area contributed by atoms with Gasteiger partial charge in [0, 0.05) is 6.54 Å². The lowest BCUT2D eigenvalue weighted by Gasteiger charge is -2.18. The lowest BCUT2D eigenvalue weighted by Crippen LogP contribution is -2.30. The molecule has 0 fully saturated rings. The molecule has 0 bridgehead atoms. The van der Waals surface area contributed by atoms with Gasteiger partial charge in [0.1, 0.15) is 0 Å². The molecule has 0 spiro atoms. The Morgan fingerprint density at radius 3 is 2.87 bits per heavy atom. The molecule has 0 aliphatic carbocycles. The van der Waals surface area contributed by atoms with E-state index in [9.17, 15) is 4.79 Å². The highest BCUT2D eigenvalue weighted by molar-refractivity contribution is 5.90. The van der Waals surface area contributed by atoms with Crippen LogP contribution in [-0.4, -0.2) is 5.91 Å². The molecule has 0 saturated heterocycles. The smallest absolute Gasteiger partial charge is 0.224 e. The number of benzene rings is 2. The summed E-state index contributed by atoms with van der Waals surface area (Å²) < 4.78 is 0. The topological polar surface area (TPSA) is 29.1 Å². The van der Waals surface area contributed by atoms with Crippen molar-refractivity contribution in [2.75, 3.05) is 0 Å². The maximum Gasteiger partial charge on any atom is 0.224 e. The second-order valence-corrected chi connectivity index (χ2v) is 3.88. The van der Waals surface area contributed by atoms with E-state index in [1.165, 1.54) is 16.3 Å². The Morgan fingerprint density at radius 2 is 1.93 bits per heavy atom. The van der Waals surface area contributed by atoms with Gasteiger partial charge in [-0.25, -0.2) is 0 Å². The van der Waals surface area contributed by atoms with E-state index in [-0.39, 0.29) is 5.91 Å². The van der Waals surface area contributed by atoms with Gasteiger partial charge >= 0.3 is 0 Å². The quantitative estimate of drug-likeness (QED) is 0.687. The minimum absolute atomic E-state index is 0.123. The summed E-state index contributed by atoms with van der Waals surface area (Å²) >= 11 is 0. The van der Waals surface area contributed by atoms with Gasteiger partial charge in [-0.3, -0.25) is 4.79 Å². The minimum atomic E-state index is 0.123. The fraction of sp³-hybridized carbons (Fsp3) is 0.154. The second kappa shape index (κ2) is 3.09. The van der Waals surface area contributed by atoms with Crippen LogP contribution in [0.5, 0.6) is 0 Å². The van der Waals surface area contributed by atoms with Crippen LogP contribution >= 0.6 is 0 Å². The molecule has 0 aromatic heterocycles. The summed E-state index contributed by atoms with van der Waals surface area (Å²) in [7, 11) is 0. The lowest BCUT2D eigenvalue weighted by atomic mass is 9.94. The molecule has 0 unspecified atom stereocenters. The van der Waals surface area contributed by atoms with Crippen LogP contribution in [-0.2, 0) is 17.8 Å². The van der Waals surface area contributed by atoms with E-state index in [1.807, 2.05) is 12.1 Å². The number of hydrogen-bond donors (Lipinski definition) is 1. The Bertz CT molecular complexity index is 545. The monoisotopic (exact) mass is 197 g/mol. The average molecular weight is 197 g/mol. The number of fused-ring (bicyclic) bond motifs is 3. The molecule has 0 saturated carbocycles. The molecule has 74 valence electrons. The van der Waals surface area contributed by atoms with E-state index in [4.69, 9.17) is 0 Å². The van der Waals surface area contributed by atoms with Crippen molar-refractivity contribution in [3.63, 3.8) is 0 Å². The summed E-state index contributed by atoms with van der Waals surface area (Å²) in [5.74, 6) is 0.123. The highest BCUT2D eigenvalue weighted by atomic mass is 16.1. The third-order valence-electron chi connectivity index (χ3n) is 2.95. The van der Waals surface area contributed by atoms with Gasteiger partial charge in [-0.1, -0.05) is 36.4 Å². The molecule has 0 radical (unpaired) electrons. The molecule has 2 heteroatoms. The molecule has 2 aromatic rings. The van der Waals surface area contributed by atoms with Gasteiger partial charge in [0.25, 0.3) is 0 Å². The molecular weight excluding hydrogens is 186 g/mol. The maximum absolute atomic E-state index is 11.3. The Kier molecular flexibility index (Phi) is 1.75. The van der Waals surface area contributed by atoms with Crippen LogP contribution in [0, 0.1) is 0 Å². The van der Waals surface area contributed by atoms with Gasteiger partial charge in [-0.05, 0) is 21.9 Å². The molecule has 2 aromatic carbocycles. The highest BCUT2D eigenvalue weighted by Crippen LogP contribution is 2.24. The van der Waals surface area contributed by atoms with Crippen molar-refractivity contribution in [1.29, 1.82) is 0 Å². The molecule has 1 heterocycles. The summed E-state index contributed by atoms with van der Waals surface area (Å²) in [6.45, 7) is 0.662. The van der Waals surface area contributed by atoms with E-state index in [2.05, 4.69) is 29.6 Å². The van der Waals surface area contributed by atoms with Gasteiger partial charge in [0.05, 0.1) is 6.42 Å². The summed E-state index contributed by atoms with van der Waals surface area (Å²) in [6, 6.07) is 12.5. The largest absolute Gasteiger partial charge is 0.352 e. The van der Waals surface area contributed by atoms with Gasteiger partial charge in [0.2, 0.25) is 5.91 Å². The van der Waals surface area contributed by atoms with Crippen LogP contribution in [0.3, 0.4) is 0 Å². The number of nitrogens with one attached hydrogen (secondary N) is 1. The number of carbonyl (C=O) groups excluding carboxylic acids is 1. The molecule has 15 heavy (non-hydrogen) atoms. The summed E-state index contributed by atoms with van der Waals surface area (Å²) in [6.07, 6.45) is 0.514. The predicted molar refractivity (Wildman–Crippen MR) is 59.5 cm³/mol. The molecule has 1 N–H and O–H groups in total. The van der Waals surface area contributed by atoms with Crippen molar-refractivity contribution in [3.05, 3.63) is 47.5 Å². The van der Waals surface area contributed by atoms with Crippen LogP contribution in [0.15, 0.2) is 36.4 Å². The van der Waals surface area contributed by atoms with Crippen molar-refractivity contribution in [3.8, 4) is 0 Å². The summed E-state index contributed by atoms with van der Waals surface area (Å²) in [4.78, 5) is 11.3. The number of amides is 1. The third-order valence-corrected chi connectivity index (χ3v) is 2.95. The fourth-order valence-corrected chi connectivity index (χ4v) is 2.18. The predicted octanol–water partition coefficient (Wildman–Crippen LogP) is 2.01. The zero-order valence-electron chi connectivity index (χ0n) is 8.29. The molecular formula is C13H11NO. The highest BCUT2D eigenvalue weighted by Gasteiger charge is 2.16. The first-order valence-electron chi connectivity index (χ1n) is 5.11. The van der Waals surface area contributed by atoms with Crippen LogP contribution in [0.4, 0.5) is 0 Å². The van der Waals surface area contributed by atoms with E-state index < -0.39 is 0 Å². The number of carbonyl (C=O) groups is 1. The van der Waals surface area contributed by atoms with E-state index in [0.29, 0.717) is 13.0 Å². The summed E-state index contributed by atoms with van der Waals surface area (Å²) in [5.41, 5.74) is 2.44. The lowest BCUT2D eigenvalue weighted by molar-refractivity contribution is -0.121. The molecule has 3 rings (SSSR count). The second-order valence-electron chi connectivity index (χ2n) is 3.88. The van der Waals surface area contributed by atoms with Crippen molar-refractivity contribution in [2.24, 2.45) is 0 Å². The average Bonchev–Trinajstić information content (AvgIpc) is 2.28. The van der Waals surface area contributed by atoms with Crippen LogP contribution in [0.1, 0.15) is 11.1 Å². The van der Waals surface area contributed by atoms with E-state index >= 15 is 0 Å². The SMILES string of the molecule is O=C1Cc2ccc3ccccc3c2CN1. The van der Waals surface area contributed by atoms with Gasteiger partial charge < -0.3 is 5.32 Å². The van der Waals surface area contributed by atoms with Crippen molar-refractivity contribution < 1.29 is 4.79 Å². The number of rotatable bonds is 0. The van der Waals surface area contributed by atoms with Crippen molar-refractivity contribution in [2.45, 2.75) is 13.0 Å². The van der Waals surface area contributed by atoms with E-state index in [1.54, 1.807) is 0 Å². The first-order valence-corrected chi connectivity index (χ1v) is 5.11. The molecule has 1 aliphatic rings. The molecule has 1 aliphatic heterocycles. The Labute approximate surface area is 87.9 Å². The molecule has 1 amide bonds. The number of hydrogen-bond acceptors (Lipinski definition) is 1. The standard InChI is InChI=1S/C13H11NO/c15-13-7-10-6-5-9-3-1-2-4-11(9)12(10)8-14-13/h1-6H,7-8H2,(H,14,15). The van der Waals surface area contributed by atoms with E-state index in [0.717, 1.165) is 5.56 Å². The Balaban J connectivity index is 2.30. The Morgan fingerprint density at radius 1 is 1.07 bits per heavy atom. The minimum Gasteiger partial charge on any atom is -0.352 e. The van der Waals surface area contributed by atoms with Crippen LogP contribution in [0.2, 0.25) is 0 Å². The normalized spacial score (nSPS) is 14.8. The van der Waals surface area contributed by atoms with Gasteiger partial charge in [0.15, 0.2) is 0 Å². The molecule has 0 atom stereocenters. The van der Waals surface area contributed by atoms with Crippen LogP contribution in [0.25, 0.3) is 10.8 Å². The summed E-state index contributed by atoms with van der Waals surface area (Å²) in [5, 5.41) is 5.39. The van der Waals surface area contributed by atoms with Crippen molar-refractivity contribution in [1.82, 2.24) is 5.32 Å². The maximum atomic E-state index is 11.3.